The van der Waals surface area contributed by atoms with Crippen LogP contribution < -0.4 is 19.7 Å². The fourth-order valence-electron chi connectivity index (χ4n) is 2.81. The third kappa shape index (κ3) is 3.79. The van der Waals surface area contributed by atoms with Gasteiger partial charge < -0.3 is 19.7 Å². The van der Waals surface area contributed by atoms with Gasteiger partial charge in [0.25, 0.3) is 11.8 Å². The van der Waals surface area contributed by atoms with Gasteiger partial charge in [-0.15, -0.1) is 0 Å². The van der Waals surface area contributed by atoms with Crippen molar-refractivity contribution in [2.45, 2.75) is 13.8 Å². The molecule has 0 atom stereocenters. The monoisotopic (exact) mass is 354 g/mol. The molecule has 1 N–H and O–H groups in total. The number of nitrogens with one attached hydrogen (secondary N) is 1. The van der Waals surface area contributed by atoms with E-state index in [0.717, 1.165) is 0 Å². The van der Waals surface area contributed by atoms with Crippen molar-refractivity contribution in [3.63, 3.8) is 0 Å². The molecule has 2 aromatic rings. The van der Waals surface area contributed by atoms with Gasteiger partial charge >= 0.3 is 0 Å². The molecule has 1 heterocycles. The Morgan fingerprint density at radius 2 is 2.08 bits per heavy atom. The minimum Gasteiger partial charge on any atom is -0.497 e. The van der Waals surface area contributed by atoms with Gasteiger partial charge in [0.2, 0.25) is 0 Å². The lowest BCUT2D eigenvalue weighted by molar-refractivity contribution is -0.121. The van der Waals surface area contributed by atoms with Gasteiger partial charge in [0, 0.05) is 17.8 Å². The fourth-order valence-corrected chi connectivity index (χ4v) is 2.81. The lowest BCUT2D eigenvalue weighted by Crippen LogP contribution is -2.41. The lowest BCUT2D eigenvalue weighted by Gasteiger charge is -2.31. The van der Waals surface area contributed by atoms with Crippen LogP contribution in [0.4, 0.5) is 11.4 Å². The molecule has 2 amide bonds. The number of rotatable bonds is 5. The summed E-state index contributed by atoms with van der Waals surface area (Å²) in [6.45, 7) is 4.74. The number of benzene rings is 2. The van der Waals surface area contributed by atoms with E-state index in [2.05, 4.69) is 19.2 Å². The topological polar surface area (TPSA) is 67.9 Å². The molecule has 0 bridgehead atoms. The van der Waals surface area contributed by atoms with Crippen LogP contribution in [-0.2, 0) is 4.79 Å². The normalized spacial score (nSPS) is 13.2. The molecule has 1 aliphatic heterocycles. The summed E-state index contributed by atoms with van der Waals surface area (Å²) in [7, 11) is 1.56. The zero-order chi connectivity index (χ0) is 18.7. The number of hydrogen-bond acceptors (Lipinski definition) is 4. The van der Waals surface area contributed by atoms with Crippen molar-refractivity contribution in [2.24, 2.45) is 5.92 Å². The summed E-state index contributed by atoms with van der Waals surface area (Å²) >= 11 is 0. The predicted octanol–water partition coefficient (Wildman–Crippen LogP) is 3.33. The van der Waals surface area contributed by atoms with Crippen LogP contribution in [0.5, 0.6) is 11.5 Å². The van der Waals surface area contributed by atoms with Crippen molar-refractivity contribution in [1.82, 2.24) is 0 Å². The minimum atomic E-state index is -0.248. The van der Waals surface area contributed by atoms with E-state index in [1.807, 2.05) is 0 Å². The van der Waals surface area contributed by atoms with Crippen LogP contribution in [0.2, 0.25) is 0 Å². The van der Waals surface area contributed by atoms with Gasteiger partial charge in [-0.25, -0.2) is 0 Å². The van der Waals surface area contributed by atoms with Crippen LogP contribution >= 0.6 is 0 Å². The van der Waals surface area contributed by atoms with Crippen molar-refractivity contribution in [1.29, 1.82) is 0 Å². The molecule has 6 nitrogen and oxygen atoms in total. The van der Waals surface area contributed by atoms with Gasteiger partial charge in [0.05, 0.1) is 12.8 Å². The van der Waals surface area contributed by atoms with E-state index in [1.54, 1.807) is 54.5 Å². The van der Waals surface area contributed by atoms with Crippen LogP contribution in [0.25, 0.3) is 0 Å². The van der Waals surface area contributed by atoms with Crippen molar-refractivity contribution in [3.05, 3.63) is 48.0 Å². The first-order valence-corrected chi connectivity index (χ1v) is 8.50. The smallest absolute Gasteiger partial charge is 0.265 e. The van der Waals surface area contributed by atoms with Gasteiger partial charge in [-0.3, -0.25) is 9.59 Å². The number of fused-ring (bicyclic) bond motifs is 1. The van der Waals surface area contributed by atoms with Crippen molar-refractivity contribution < 1.29 is 19.1 Å². The SMILES string of the molecule is COc1cccc(C(=O)Nc2ccc3c(c2)N(CC(C)C)C(=O)CO3)c1. The fraction of sp³-hybridized carbons (Fsp3) is 0.300. The van der Waals surface area contributed by atoms with Gasteiger partial charge in [-0.2, -0.15) is 0 Å². The highest BCUT2D eigenvalue weighted by Crippen LogP contribution is 2.35. The Labute approximate surface area is 152 Å². The second-order valence-corrected chi connectivity index (χ2v) is 6.56. The lowest BCUT2D eigenvalue weighted by atomic mass is 10.1. The van der Waals surface area contributed by atoms with E-state index >= 15 is 0 Å². The maximum absolute atomic E-state index is 12.5. The summed E-state index contributed by atoms with van der Waals surface area (Å²) in [5.41, 5.74) is 1.77. The highest BCUT2D eigenvalue weighted by atomic mass is 16.5. The van der Waals surface area contributed by atoms with Gasteiger partial charge in [-0.05, 0) is 42.3 Å². The summed E-state index contributed by atoms with van der Waals surface area (Å²) < 4.78 is 10.7. The molecule has 1 aliphatic rings. The van der Waals surface area contributed by atoms with E-state index in [4.69, 9.17) is 9.47 Å². The number of amides is 2. The zero-order valence-electron chi connectivity index (χ0n) is 15.1. The first-order valence-electron chi connectivity index (χ1n) is 8.50. The Bertz CT molecular complexity index is 832. The molecule has 0 saturated heterocycles. The summed E-state index contributed by atoms with van der Waals surface area (Å²) in [5.74, 6) is 1.25. The molecule has 6 heteroatoms. The molecule has 0 aromatic heterocycles. The van der Waals surface area contributed by atoms with E-state index in [-0.39, 0.29) is 18.4 Å². The number of methoxy groups -OCH3 is 1. The van der Waals surface area contributed by atoms with Crippen LogP contribution in [0.3, 0.4) is 0 Å². The number of carbonyl (C=O) groups is 2. The third-order valence-corrected chi connectivity index (χ3v) is 4.04. The largest absolute Gasteiger partial charge is 0.497 e. The molecular weight excluding hydrogens is 332 g/mol. The molecular formula is C20H22N2O4. The van der Waals surface area contributed by atoms with E-state index < -0.39 is 0 Å². The van der Waals surface area contributed by atoms with Gasteiger partial charge in [0.15, 0.2) is 6.61 Å². The minimum absolute atomic E-state index is 0.0369. The van der Waals surface area contributed by atoms with Crippen LogP contribution in [0, 0.1) is 5.92 Å². The summed E-state index contributed by atoms with van der Waals surface area (Å²) in [6, 6.07) is 12.2. The van der Waals surface area contributed by atoms with Crippen LogP contribution in [-0.4, -0.2) is 32.1 Å². The second-order valence-electron chi connectivity index (χ2n) is 6.56. The molecule has 0 saturated carbocycles. The second kappa shape index (κ2) is 7.47. The molecule has 3 rings (SSSR count). The molecule has 0 spiro atoms. The van der Waals surface area contributed by atoms with Crippen LogP contribution in [0.1, 0.15) is 24.2 Å². The van der Waals surface area contributed by atoms with Crippen LogP contribution in [0.15, 0.2) is 42.5 Å². The Kier molecular flexibility index (Phi) is 5.11. The van der Waals surface area contributed by atoms with Gasteiger partial charge in [-0.1, -0.05) is 19.9 Å². The van der Waals surface area contributed by atoms with Crippen molar-refractivity contribution in [2.75, 3.05) is 30.5 Å². The maximum atomic E-state index is 12.5. The Balaban J connectivity index is 1.84. The summed E-state index contributed by atoms with van der Waals surface area (Å²) in [4.78, 5) is 26.4. The van der Waals surface area contributed by atoms with Gasteiger partial charge in [0.1, 0.15) is 11.5 Å². The number of anilines is 2. The van der Waals surface area contributed by atoms with Crippen molar-refractivity contribution >= 4 is 23.2 Å². The van der Waals surface area contributed by atoms with E-state index in [0.29, 0.717) is 40.9 Å². The number of hydrogen-bond donors (Lipinski definition) is 1. The molecule has 0 fully saturated rings. The number of carbonyl (C=O) groups excluding carboxylic acids is 2. The average Bonchev–Trinajstić information content (AvgIpc) is 2.64. The Morgan fingerprint density at radius 1 is 1.27 bits per heavy atom. The average molecular weight is 354 g/mol. The first-order chi connectivity index (χ1) is 12.5. The molecule has 2 aromatic carbocycles. The summed E-state index contributed by atoms with van der Waals surface area (Å²) in [6.07, 6.45) is 0. The number of nitrogens with zero attached hydrogens (tertiary/aromatic N) is 1. The summed E-state index contributed by atoms with van der Waals surface area (Å²) in [5, 5.41) is 2.86. The quantitative estimate of drug-likeness (QED) is 0.894. The number of ether oxygens (including phenoxy) is 2. The van der Waals surface area contributed by atoms with E-state index in [9.17, 15) is 9.59 Å². The predicted molar refractivity (Wildman–Crippen MR) is 100 cm³/mol. The van der Waals surface area contributed by atoms with Crippen molar-refractivity contribution in [3.8, 4) is 11.5 Å². The standard InChI is InChI=1S/C20H22N2O4/c1-13(2)11-22-17-10-15(7-8-18(17)26-12-19(22)23)21-20(24)14-5-4-6-16(9-14)25-3/h4-10,13H,11-12H2,1-3H3,(H,21,24). The molecule has 0 unspecified atom stereocenters. The molecule has 26 heavy (non-hydrogen) atoms. The molecule has 0 aliphatic carbocycles. The Hall–Kier alpha value is -3.02. The highest BCUT2D eigenvalue weighted by molar-refractivity contribution is 6.05. The first kappa shape index (κ1) is 17.8. The highest BCUT2D eigenvalue weighted by Gasteiger charge is 2.26. The molecule has 0 radical (unpaired) electrons. The zero-order valence-corrected chi connectivity index (χ0v) is 15.1. The maximum Gasteiger partial charge on any atom is 0.265 e. The molecule has 136 valence electrons. The van der Waals surface area contributed by atoms with E-state index in [1.165, 1.54) is 0 Å². The Morgan fingerprint density at radius 3 is 2.81 bits per heavy atom. The third-order valence-electron chi connectivity index (χ3n) is 4.04.